The van der Waals surface area contributed by atoms with Gasteiger partial charge in [0.1, 0.15) is 0 Å². The van der Waals surface area contributed by atoms with Crippen LogP contribution in [-0.4, -0.2) is 22.6 Å². The smallest absolute Gasteiger partial charge is 0.0872 e. The Kier molecular flexibility index (Phi) is 3.28. The molecule has 0 N–H and O–H groups in total. The molecule has 0 saturated carbocycles. The van der Waals surface area contributed by atoms with Gasteiger partial charge in [0.2, 0.25) is 0 Å². The van der Waals surface area contributed by atoms with E-state index in [1.54, 1.807) is 5.56 Å². The van der Waals surface area contributed by atoms with Crippen LogP contribution in [0.4, 0.5) is 0 Å². The molecule has 2 aromatic rings. The molecule has 23 heavy (non-hydrogen) atoms. The summed E-state index contributed by atoms with van der Waals surface area (Å²) in [6, 6.07) is 9.85. The Morgan fingerprint density at radius 3 is 2.83 bits per heavy atom. The highest BCUT2D eigenvalue weighted by molar-refractivity contribution is 5.87. The topological polar surface area (TPSA) is 32.0 Å². The van der Waals surface area contributed by atoms with Gasteiger partial charge in [-0.25, -0.2) is 0 Å². The van der Waals surface area contributed by atoms with Crippen LogP contribution in [0.3, 0.4) is 0 Å². The first kappa shape index (κ1) is 14.8. The van der Waals surface area contributed by atoms with E-state index in [2.05, 4.69) is 54.5 Å². The summed E-state index contributed by atoms with van der Waals surface area (Å²) in [5.74, 6) is 0. The molecule has 1 aliphatic heterocycles. The van der Waals surface area contributed by atoms with E-state index in [1.165, 1.54) is 41.4 Å². The zero-order chi connectivity index (χ0) is 16.2. The van der Waals surface area contributed by atoms with E-state index in [0.717, 1.165) is 13.1 Å². The number of nitrogens with zero attached hydrogens (tertiary/aromatic N) is 3. The molecule has 3 heteroatoms. The number of hydrogen-bond donors (Lipinski definition) is 0. The first-order chi connectivity index (χ1) is 11.0. The highest BCUT2D eigenvalue weighted by atomic mass is 15.2. The van der Waals surface area contributed by atoms with E-state index >= 15 is 0 Å². The summed E-state index contributed by atoms with van der Waals surface area (Å²) in [4.78, 5) is 2.38. The molecule has 1 aromatic heterocycles. The van der Waals surface area contributed by atoms with Crippen LogP contribution in [0.15, 0.2) is 18.2 Å². The van der Waals surface area contributed by atoms with Gasteiger partial charge in [0.25, 0.3) is 0 Å². The summed E-state index contributed by atoms with van der Waals surface area (Å²) >= 11 is 0. The number of fused-ring (bicyclic) bond motifs is 3. The van der Waals surface area contributed by atoms with E-state index in [0.29, 0.717) is 12.6 Å². The minimum absolute atomic E-state index is 0.185. The number of rotatable bonds is 1. The number of nitriles is 1. The van der Waals surface area contributed by atoms with Crippen molar-refractivity contribution in [3.8, 4) is 6.07 Å². The highest BCUT2D eigenvalue weighted by Gasteiger charge is 2.34. The summed E-state index contributed by atoms with van der Waals surface area (Å²) in [6.45, 7) is 9.42. The fourth-order valence-corrected chi connectivity index (χ4v) is 4.42. The van der Waals surface area contributed by atoms with Crippen LogP contribution >= 0.6 is 0 Å². The molecule has 0 unspecified atom stereocenters. The number of hydrogen-bond acceptors (Lipinski definition) is 2. The van der Waals surface area contributed by atoms with Crippen LogP contribution in [0, 0.1) is 11.3 Å². The lowest BCUT2D eigenvalue weighted by Gasteiger charge is -2.38. The zero-order valence-electron chi connectivity index (χ0n) is 14.4. The van der Waals surface area contributed by atoms with Crippen LogP contribution in [0.2, 0.25) is 0 Å². The summed E-state index contributed by atoms with van der Waals surface area (Å²) in [5, 5.41) is 10.6. The third-order valence-corrected chi connectivity index (χ3v) is 5.62. The van der Waals surface area contributed by atoms with Crippen molar-refractivity contribution < 1.29 is 0 Å². The monoisotopic (exact) mass is 307 g/mol. The molecule has 4 rings (SSSR count). The third-order valence-electron chi connectivity index (χ3n) is 5.62. The molecule has 1 atom stereocenters. The van der Waals surface area contributed by atoms with Crippen LogP contribution in [0.25, 0.3) is 10.9 Å². The Morgan fingerprint density at radius 1 is 1.26 bits per heavy atom. The zero-order valence-corrected chi connectivity index (χ0v) is 14.4. The predicted octanol–water partition coefficient (Wildman–Crippen LogP) is 4.16. The van der Waals surface area contributed by atoms with Gasteiger partial charge in [-0.05, 0) is 47.9 Å². The van der Waals surface area contributed by atoms with Gasteiger partial charge in [0.05, 0.1) is 18.7 Å². The minimum Gasteiger partial charge on any atom is -0.342 e. The maximum absolute atomic E-state index is 9.13. The number of aryl methyl sites for hydroxylation is 1. The van der Waals surface area contributed by atoms with Gasteiger partial charge >= 0.3 is 0 Å². The van der Waals surface area contributed by atoms with Crippen LogP contribution in [0.1, 0.15) is 56.5 Å². The largest absolute Gasteiger partial charge is 0.342 e. The van der Waals surface area contributed by atoms with E-state index in [1.807, 2.05) is 0 Å². The number of aromatic nitrogens is 1. The van der Waals surface area contributed by atoms with Gasteiger partial charge < -0.3 is 4.57 Å². The Morgan fingerprint density at radius 2 is 2.09 bits per heavy atom. The van der Waals surface area contributed by atoms with Crippen molar-refractivity contribution in [1.29, 1.82) is 5.26 Å². The lowest BCUT2D eigenvalue weighted by molar-refractivity contribution is 0.160. The standard InChI is InChI=1S/C20H25N3/c1-20(2,3)14-7-8-17-16(13-14)15-5-4-6-18-19(15)23(17)12-11-22(18)10-9-21/h7-8,13,18H,4-6,10-12H2,1-3H3/t18-/m0/s1. The molecule has 0 amide bonds. The maximum atomic E-state index is 9.13. The van der Waals surface area contributed by atoms with Crippen molar-refractivity contribution >= 4 is 10.9 Å². The predicted molar refractivity (Wildman–Crippen MR) is 93.5 cm³/mol. The van der Waals surface area contributed by atoms with Crippen LogP contribution in [-0.2, 0) is 18.4 Å². The fraction of sp³-hybridized carbons (Fsp3) is 0.550. The van der Waals surface area contributed by atoms with Gasteiger partial charge in [-0.2, -0.15) is 5.26 Å². The van der Waals surface area contributed by atoms with E-state index in [-0.39, 0.29) is 5.41 Å². The minimum atomic E-state index is 0.185. The summed E-state index contributed by atoms with van der Waals surface area (Å²) < 4.78 is 2.54. The summed E-state index contributed by atoms with van der Waals surface area (Å²) in [6.07, 6.45) is 3.61. The second-order valence-electron chi connectivity index (χ2n) is 8.03. The fourth-order valence-electron chi connectivity index (χ4n) is 4.42. The molecule has 0 fully saturated rings. The lowest BCUT2D eigenvalue weighted by atomic mass is 9.85. The molecule has 120 valence electrons. The van der Waals surface area contributed by atoms with Gasteiger partial charge in [0, 0.05) is 29.7 Å². The summed E-state index contributed by atoms with van der Waals surface area (Å²) in [5.41, 5.74) is 6.04. The molecule has 1 aliphatic carbocycles. The average Bonchev–Trinajstić information content (AvgIpc) is 2.85. The summed E-state index contributed by atoms with van der Waals surface area (Å²) in [7, 11) is 0. The molecule has 0 radical (unpaired) electrons. The molecular weight excluding hydrogens is 282 g/mol. The molecular formula is C20H25N3. The quantitative estimate of drug-likeness (QED) is 0.741. The Labute approximate surface area is 138 Å². The van der Waals surface area contributed by atoms with Crippen LogP contribution < -0.4 is 0 Å². The highest BCUT2D eigenvalue weighted by Crippen LogP contribution is 2.43. The Bertz CT molecular complexity index is 801. The normalized spacial score (nSPS) is 21.2. The molecule has 0 spiro atoms. The lowest BCUT2D eigenvalue weighted by Crippen LogP contribution is -2.39. The van der Waals surface area contributed by atoms with Gasteiger partial charge in [-0.15, -0.1) is 0 Å². The second-order valence-corrected chi connectivity index (χ2v) is 8.03. The van der Waals surface area contributed by atoms with Gasteiger partial charge in [-0.3, -0.25) is 4.90 Å². The first-order valence-electron chi connectivity index (χ1n) is 8.77. The van der Waals surface area contributed by atoms with E-state index in [4.69, 9.17) is 5.26 Å². The van der Waals surface area contributed by atoms with Gasteiger partial charge in [0.15, 0.2) is 0 Å². The molecule has 2 aliphatic rings. The Hall–Kier alpha value is -1.79. The molecule has 1 aromatic carbocycles. The maximum Gasteiger partial charge on any atom is 0.0872 e. The van der Waals surface area contributed by atoms with Crippen LogP contribution in [0.5, 0.6) is 0 Å². The first-order valence-corrected chi connectivity index (χ1v) is 8.77. The molecule has 0 saturated heterocycles. The van der Waals surface area contributed by atoms with E-state index in [9.17, 15) is 0 Å². The van der Waals surface area contributed by atoms with Gasteiger partial charge in [-0.1, -0.05) is 26.8 Å². The Balaban J connectivity index is 1.92. The van der Waals surface area contributed by atoms with Crippen molar-refractivity contribution in [3.05, 3.63) is 35.0 Å². The molecule has 0 bridgehead atoms. The second kappa shape index (κ2) is 5.11. The SMILES string of the molecule is CC(C)(C)c1ccc2c(c1)c1c3n2CCN(CC#N)[C@H]3CCC1. The van der Waals surface area contributed by atoms with Crippen molar-refractivity contribution in [2.24, 2.45) is 0 Å². The molecule has 3 nitrogen and oxygen atoms in total. The van der Waals surface area contributed by atoms with Crippen molar-refractivity contribution in [3.63, 3.8) is 0 Å². The van der Waals surface area contributed by atoms with E-state index < -0.39 is 0 Å². The average molecular weight is 307 g/mol. The van der Waals surface area contributed by atoms with Crippen molar-refractivity contribution in [1.82, 2.24) is 9.47 Å². The third kappa shape index (κ3) is 2.20. The van der Waals surface area contributed by atoms with Crippen molar-refractivity contribution in [2.75, 3.05) is 13.1 Å². The number of benzene rings is 1. The van der Waals surface area contributed by atoms with Crippen molar-refractivity contribution in [2.45, 2.75) is 58.0 Å². The molecule has 2 heterocycles.